The second-order valence-corrected chi connectivity index (χ2v) is 3.93. The van der Waals surface area contributed by atoms with E-state index in [1.165, 1.54) is 13.2 Å². The van der Waals surface area contributed by atoms with Gasteiger partial charge >= 0.3 is 0 Å². The number of ether oxygens (including phenoxy) is 1. The molecule has 0 bridgehead atoms. The first-order chi connectivity index (χ1) is 9.22. The molecule has 0 spiro atoms. The van der Waals surface area contributed by atoms with Crippen molar-refractivity contribution in [3.05, 3.63) is 47.5 Å². The molecule has 1 aliphatic heterocycles. The number of aromatic nitrogens is 2. The molecular weight excluding hydrogens is 246 g/mol. The lowest BCUT2D eigenvalue weighted by Gasteiger charge is -2.11. The van der Waals surface area contributed by atoms with Gasteiger partial charge in [0.1, 0.15) is 0 Å². The van der Waals surface area contributed by atoms with E-state index >= 15 is 0 Å². The number of anilines is 1. The van der Waals surface area contributed by atoms with Crippen molar-refractivity contribution >= 4 is 17.6 Å². The van der Waals surface area contributed by atoms with Gasteiger partial charge in [0.15, 0.2) is 5.82 Å². The number of rotatable bonds is 2. The molecule has 0 radical (unpaired) electrons. The Kier molecular flexibility index (Phi) is 2.49. The predicted octanol–water partition coefficient (Wildman–Crippen LogP) is 1.29. The fourth-order valence-electron chi connectivity index (χ4n) is 1.94. The van der Waals surface area contributed by atoms with Crippen molar-refractivity contribution in [2.75, 3.05) is 12.0 Å². The fraction of sp³-hybridized carbons (Fsp3) is 0.0769. The number of amides is 2. The standard InChI is InChI=1S/C13H9N3O3/c1-19-11-7-6-10(14-15-11)16-12(17)8-4-2-3-5-9(8)13(16)18/h2-7H,1H3. The van der Waals surface area contributed by atoms with Crippen LogP contribution in [-0.2, 0) is 0 Å². The summed E-state index contributed by atoms with van der Waals surface area (Å²) in [6.07, 6.45) is 0. The number of hydrogen-bond donors (Lipinski definition) is 0. The minimum Gasteiger partial charge on any atom is -0.480 e. The molecule has 1 aromatic heterocycles. The van der Waals surface area contributed by atoms with Crippen LogP contribution in [0.1, 0.15) is 20.7 Å². The van der Waals surface area contributed by atoms with Gasteiger partial charge in [0, 0.05) is 6.07 Å². The first-order valence-corrected chi connectivity index (χ1v) is 5.58. The molecule has 6 heteroatoms. The third-order valence-corrected chi connectivity index (χ3v) is 2.86. The Balaban J connectivity index is 2.03. The molecule has 6 nitrogen and oxygen atoms in total. The van der Waals surface area contributed by atoms with Crippen LogP contribution < -0.4 is 9.64 Å². The number of fused-ring (bicyclic) bond motifs is 1. The van der Waals surface area contributed by atoms with Crippen LogP contribution in [0.4, 0.5) is 5.82 Å². The lowest BCUT2D eigenvalue weighted by Crippen LogP contribution is -2.30. The Morgan fingerprint density at radius 3 is 2.05 bits per heavy atom. The molecular formula is C13H9N3O3. The lowest BCUT2D eigenvalue weighted by atomic mass is 10.1. The van der Waals surface area contributed by atoms with E-state index in [0.29, 0.717) is 17.0 Å². The van der Waals surface area contributed by atoms with Gasteiger partial charge in [-0.3, -0.25) is 9.59 Å². The maximum absolute atomic E-state index is 12.2. The third kappa shape index (κ3) is 1.65. The van der Waals surface area contributed by atoms with Crippen molar-refractivity contribution in [2.24, 2.45) is 0 Å². The molecule has 0 fully saturated rings. The smallest absolute Gasteiger partial charge is 0.267 e. The molecule has 2 amide bonds. The highest BCUT2D eigenvalue weighted by molar-refractivity contribution is 6.34. The van der Waals surface area contributed by atoms with E-state index in [1.807, 2.05) is 0 Å². The summed E-state index contributed by atoms with van der Waals surface area (Å²) in [5.41, 5.74) is 0.759. The maximum Gasteiger partial charge on any atom is 0.267 e. The first-order valence-electron chi connectivity index (χ1n) is 5.58. The van der Waals surface area contributed by atoms with Crippen molar-refractivity contribution < 1.29 is 14.3 Å². The maximum atomic E-state index is 12.2. The molecule has 0 saturated carbocycles. The van der Waals surface area contributed by atoms with Crippen molar-refractivity contribution in [2.45, 2.75) is 0 Å². The van der Waals surface area contributed by atoms with Gasteiger partial charge in [0.2, 0.25) is 5.88 Å². The van der Waals surface area contributed by atoms with Gasteiger partial charge < -0.3 is 4.74 Å². The minimum atomic E-state index is -0.389. The van der Waals surface area contributed by atoms with E-state index in [9.17, 15) is 9.59 Å². The summed E-state index contributed by atoms with van der Waals surface area (Å²) in [5, 5.41) is 7.58. The predicted molar refractivity (Wildman–Crippen MR) is 66.2 cm³/mol. The summed E-state index contributed by atoms with van der Waals surface area (Å²) in [4.78, 5) is 25.3. The monoisotopic (exact) mass is 255 g/mol. The van der Waals surface area contributed by atoms with Gasteiger partial charge in [-0.2, -0.15) is 0 Å². The van der Waals surface area contributed by atoms with Gasteiger partial charge in [0.25, 0.3) is 11.8 Å². The van der Waals surface area contributed by atoms with Crippen LogP contribution in [0.3, 0.4) is 0 Å². The first kappa shape index (κ1) is 11.3. The van der Waals surface area contributed by atoms with Crippen LogP contribution in [0, 0.1) is 0 Å². The van der Waals surface area contributed by atoms with Gasteiger partial charge in [-0.15, -0.1) is 10.2 Å². The van der Waals surface area contributed by atoms with Crippen LogP contribution in [0.15, 0.2) is 36.4 Å². The van der Waals surface area contributed by atoms with E-state index in [1.54, 1.807) is 30.3 Å². The molecule has 0 saturated heterocycles. The van der Waals surface area contributed by atoms with Crippen LogP contribution in [0.2, 0.25) is 0 Å². The molecule has 1 aliphatic rings. The summed E-state index contributed by atoms with van der Waals surface area (Å²) in [6, 6.07) is 9.73. The van der Waals surface area contributed by atoms with Crippen molar-refractivity contribution in [1.29, 1.82) is 0 Å². The number of imide groups is 1. The number of nitrogens with zero attached hydrogens (tertiary/aromatic N) is 3. The molecule has 1 aromatic carbocycles. The second kappa shape index (κ2) is 4.16. The Morgan fingerprint density at radius 2 is 1.58 bits per heavy atom. The zero-order valence-corrected chi connectivity index (χ0v) is 10.0. The van der Waals surface area contributed by atoms with Crippen molar-refractivity contribution in [3.63, 3.8) is 0 Å². The highest BCUT2D eigenvalue weighted by atomic mass is 16.5. The van der Waals surface area contributed by atoms with E-state index in [4.69, 9.17) is 4.74 Å². The molecule has 19 heavy (non-hydrogen) atoms. The average molecular weight is 255 g/mol. The summed E-state index contributed by atoms with van der Waals surface area (Å²) in [5.74, 6) is -0.271. The Hall–Kier alpha value is -2.76. The topological polar surface area (TPSA) is 72.4 Å². The largest absolute Gasteiger partial charge is 0.480 e. The van der Waals surface area contributed by atoms with E-state index < -0.39 is 0 Å². The van der Waals surface area contributed by atoms with Gasteiger partial charge in [-0.25, -0.2) is 4.90 Å². The van der Waals surface area contributed by atoms with E-state index in [2.05, 4.69) is 10.2 Å². The van der Waals surface area contributed by atoms with E-state index in [0.717, 1.165) is 4.90 Å². The Morgan fingerprint density at radius 1 is 0.947 bits per heavy atom. The average Bonchev–Trinajstić information content (AvgIpc) is 2.72. The van der Waals surface area contributed by atoms with Crippen molar-refractivity contribution in [1.82, 2.24) is 10.2 Å². The third-order valence-electron chi connectivity index (χ3n) is 2.86. The van der Waals surface area contributed by atoms with Gasteiger partial charge in [-0.05, 0) is 18.2 Å². The summed E-state index contributed by atoms with van der Waals surface area (Å²) in [7, 11) is 1.46. The fourth-order valence-corrected chi connectivity index (χ4v) is 1.94. The highest BCUT2D eigenvalue weighted by Crippen LogP contribution is 2.26. The van der Waals surface area contributed by atoms with E-state index in [-0.39, 0.29) is 17.6 Å². The Labute approximate surface area is 108 Å². The number of methoxy groups -OCH3 is 1. The molecule has 2 heterocycles. The molecule has 3 rings (SSSR count). The molecule has 0 aliphatic carbocycles. The number of hydrogen-bond acceptors (Lipinski definition) is 5. The number of carbonyl (C=O) groups is 2. The minimum absolute atomic E-state index is 0.187. The number of benzene rings is 1. The van der Waals surface area contributed by atoms with Gasteiger partial charge in [0.05, 0.1) is 18.2 Å². The summed E-state index contributed by atoms with van der Waals surface area (Å²) in [6.45, 7) is 0. The highest BCUT2D eigenvalue weighted by Gasteiger charge is 2.37. The van der Waals surface area contributed by atoms with Crippen molar-refractivity contribution in [3.8, 4) is 5.88 Å². The second-order valence-electron chi connectivity index (χ2n) is 3.93. The molecule has 0 atom stereocenters. The molecule has 0 unspecified atom stereocenters. The SMILES string of the molecule is COc1ccc(N2C(=O)c3ccccc3C2=O)nn1. The zero-order valence-electron chi connectivity index (χ0n) is 10.0. The molecule has 2 aromatic rings. The van der Waals surface area contributed by atoms with Crippen LogP contribution in [0.5, 0.6) is 5.88 Å². The number of carbonyl (C=O) groups excluding carboxylic acids is 2. The Bertz CT molecular complexity index is 632. The lowest BCUT2D eigenvalue weighted by molar-refractivity contribution is 0.0924. The summed E-state index contributed by atoms with van der Waals surface area (Å²) >= 11 is 0. The van der Waals surface area contributed by atoms with Gasteiger partial charge in [-0.1, -0.05) is 12.1 Å². The normalized spacial score (nSPS) is 13.6. The molecule has 94 valence electrons. The van der Waals surface area contributed by atoms with Crippen LogP contribution >= 0.6 is 0 Å². The quantitative estimate of drug-likeness (QED) is 0.756. The summed E-state index contributed by atoms with van der Waals surface area (Å²) < 4.78 is 4.89. The van der Waals surface area contributed by atoms with Crippen LogP contribution in [-0.4, -0.2) is 29.1 Å². The zero-order chi connectivity index (χ0) is 13.4. The van der Waals surface area contributed by atoms with Crippen LogP contribution in [0.25, 0.3) is 0 Å². The molecule has 0 N–H and O–H groups in total.